The molecular formula is C26H30N6O2S. The van der Waals surface area contributed by atoms with Gasteiger partial charge in [-0.25, -0.2) is 9.99 Å². The molecule has 5 rings (SSSR count). The number of rotatable bonds is 6. The molecule has 35 heavy (non-hydrogen) atoms. The van der Waals surface area contributed by atoms with E-state index in [0.29, 0.717) is 31.2 Å². The van der Waals surface area contributed by atoms with Gasteiger partial charge in [0, 0.05) is 30.3 Å². The lowest BCUT2D eigenvalue weighted by Gasteiger charge is -2.33. The SMILES string of the molecule is Nc1nc2c(s1)CN(NC(=O)[C@@H]1CCCN1C(=O)[C@@H](N)C(c1ccccc1)c1ccccc1)CC2. The summed E-state index contributed by atoms with van der Waals surface area (Å²) in [6.07, 6.45) is 2.13. The topological polar surface area (TPSA) is 118 Å². The van der Waals surface area contributed by atoms with Gasteiger partial charge in [-0.15, -0.1) is 11.3 Å². The van der Waals surface area contributed by atoms with E-state index >= 15 is 0 Å². The number of benzene rings is 2. The van der Waals surface area contributed by atoms with E-state index in [1.807, 2.05) is 65.7 Å². The van der Waals surface area contributed by atoms with Crippen LogP contribution in [0, 0.1) is 0 Å². The van der Waals surface area contributed by atoms with Gasteiger partial charge >= 0.3 is 0 Å². The van der Waals surface area contributed by atoms with Crippen LogP contribution in [0.25, 0.3) is 0 Å². The number of nitrogens with two attached hydrogens (primary N) is 2. The molecule has 0 radical (unpaired) electrons. The van der Waals surface area contributed by atoms with Crippen molar-refractivity contribution in [3.05, 3.63) is 82.4 Å². The van der Waals surface area contributed by atoms with Crippen LogP contribution in [-0.2, 0) is 22.6 Å². The third-order valence-corrected chi connectivity index (χ3v) is 7.73. The van der Waals surface area contributed by atoms with E-state index in [-0.39, 0.29) is 17.7 Å². The van der Waals surface area contributed by atoms with Crippen molar-refractivity contribution in [3.8, 4) is 0 Å². The predicted molar refractivity (Wildman–Crippen MR) is 136 cm³/mol. The second kappa shape index (κ2) is 10.2. The molecule has 1 fully saturated rings. The Bertz CT molecular complexity index is 1150. The molecule has 182 valence electrons. The van der Waals surface area contributed by atoms with Gasteiger partial charge in [0.05, 0.1) is 18.3 Å². The van der Waals surface area contributed by atoms with Crippen LogP contribution in [0.5, 0.6) is 0 Å². The number of thiazole rings is 1. The number of hydrazine groups is 1. The predicted octanol–water partition coefficient (Wildman–Crippen LogP) is 2.27. The summed E-state index contributed by atoms with van der Waals surface area (Å²) in [4.78, 5) is 34.0. The van der Waals surface area contributed by atoms with Crippen LogP contribution in [0.2, 0.25) is 0 Å². The molecule has 0 unspecified atom stereocenters. The second-order valence-electron chi connectivity index (χ2n) is 9.08. The third-order valence-electron chi connectivity index (χ3n) is 6.82. The summed E-state index contributed by atoms with van der Waals surface area (Å²) in [6.45, 7) is 1.75. The smallest absolute Gasteiger partial charge is 0.257 e. The van der Waals surface area contributed by atoms with E-state index < -0.39 is 12.1 Å². The molecule has 0 saturated carbocycles. The number of carbonyl (C=O) groups excluding carboxylic acids is 2. The number of carbonyl (C=O) groups is 2. The van der Waals surface area contributed by atoms with Crippen molar-refractivity contribution in [1.82, 2.24) is 20.3 Å². The Hall–Kier alpha value is -3.27. The number of likely N-dealkylation sites (tertiary alicyclic amines) is 1. The van der Waals surface area contributed by atoms with Crippen molar-refractivity contribution in [2.75, 3.05) is 18.8 Å². The Balaban J connectivity index is 1.31. The highest BCUT2D eigenvalue weighted by atomic mass is 32.1. The maximum Gasteiger partial charge on any atom is 0.257 e. The van der Waals surface area contributed by atoms with Crippen LogP contribution in [0.3, 0.4) is 0 Å². The van der Waals surface area contributed by atoms with Gasteiger partial charge in [-0.2, -0.15) is 0 Å². The summed E-state index contributed by atoms with van der Waals surface area (Å²) >= 11 is 1.45. The lowest BCUT2D eigenvalue weighted by molar-refractivity contribution is -0.141. The first-order valence-electron chi connectivity index (χ1n) is 12.0. The fraction of sp³-hybridized carbons (Fsp3) is 0.346. The van der Waals surface area contributed by atoms with Crippen molar-refractivity contribution >= 4 is 28.3 Å². The van der Waals surface area contributed by atoms with Gasteiger partial charge in [0.2, 0.25) is 5.91 Å². The second-order valence-corrected chi connectivity index (χ2v) is 10.2. The molecule has 2 aromatic carbocycles. The molecule has 1 aromatic heterocycles. The number of fused-ring (bicyclic) bond motifs is 1. The number of nitrogens with one attached hydrogen (secondary N) is 1. The summed E-state index contributed by atoms with van der Waals surface area (Å²) in [7, 11) is 0. The van der Waals surface area contributed by atoms with E-state index in [1.54, 1.807) is 4.90 Å². The van der Waals surface area contributed by atoms with Crippen LogP contribution in [0.1, 0.15) is 40.5 Å². The molecule has 1 saturated heterocycles. The molecule has 8 nitrogen and oxygen atoms in total. The standard InChI is InChI=1S/C26H30N6O2S/c27-23(22(17-8-3-1-4-9-17)18-10-5-2-6-11-18)25(34)32-14-7-12-20(32)24(33)30-31-15-13-19-21(16-31)35-26(28)29-19/h1-6,8-11,20,22-23H,7,12-16,27H2,(H2,28,29)(H,30,33)/t20-,23-/m0/s1. The molecule has 2 aliphatic heterocycles. The number of amides is 2. The normalized spacial score (nSPS) is 18.9. The zero-order chi connectivity index (χ0) is 24.4. The third kappa shape index (κ3) is 4.93. The molecule has 0 bridgehead atoms. The molecule has 5 N–H and O–H groups in total. The Labute approximate surface area is 208 Å². The molecule has 0 spiro atoms. The van der Waals surface area contributed by atoms with Crippen LogP contribution in [0.4, 0.5) is 5.13 Å². The van der Waals surface area contributed by atoms with Gasteiger partial charge in [-0.3, -0.25) is 15.0 Å². The zero-order valence-electron chi connectivity index (χ0n) is 19.5. The first-order valence-corrected chi connectivity index (χ1v) is 12.8. The van der Waals surface area contributed by atoms with Crippen LogP contribution < -0.4 is 16.9 Å². The first kappa shape index (κ1) is 23.5. The van der Waals surface area contributed by atoms with Gasteiger partial charge in [0.1, 0.15) is 6.04 Å². The minimum atomic E-state index is -0.800. The number of nitrogens with zero attached hydrogens (tertiary/aromatic N) is 3. The fourth-order valence-electron chi connectivity index (χ4n) is 5.11. The van der Waals surface area contributed by atoms with E-state index in [2.05, 4.69) is 10.4 Å². The van der Waals surface area contributed by atoms with Crippen molar-refractivity contribution < 1.29 is 9.59 Å². The van der Waals surface area contributed by atoms with E-state index in [0.717, 1.165) is 34.5 Å². The Morgan fingerprint density at radius 2 is 1.69 bits per heavy atom. The molecule has 3 aromatic rings. The lowest BCUT2D eigenvalue weighted by Crippen LogP contribution is -2.55. The lowest BCUT2D eigenvalue weighted by atomic mass is 9.84. The fourth-order valence-corrected chi connectivity index (χ4v) is 6.00. The van der Waals surface area contributed by atoms with E-state index in [1.165, 1.54) is 11.3 Å². The number of aromatic nitrogens is 1. The number of hydrogen-bond donors (Lipinski definition) is 3. The highest BCUT2D eigenvalue weighted by Crippen LogP contribution is 2.30. The summed E-state index contributed by atoms with van der Waals surface area (Å²) < 4.78 is 0. The monoisotopic (exact) mass is 490 g/mol. The molecule has 0 aliphatic carbocycles. The molecule has 2 aliphatic rings. The highest BCUT2D eigenvalue weighted by Gasteiger charge is 2.39. The zero-order valence-corrected chi connectivity index (χ0v) is 20.3. The van der Waals surface area contributed by atoms with E-state index in [4.69, 9.17) is 11.5 Å². The van der Waals surface area contributed by atoms with Gasteiger partial charge in [0.25, 0.3) is 5.91 Å². The van der Waals surface area contributed by atoms with Gasteiger partial charge in [-0.1, -0.05) is 60.7 Å². The Morgan fingerprint density at radius 3 is 2.34 bits per heavy atom. The Morgan fingerprint density at radius 1 is 1.03 bits per heavy atom. The van der Waals surface area contributed by atoms with E-state index in [9.17, 15) is 9.59 Å². The molecular weight excluding hydrogens is 460 g/mol. The van der Waals surface area contributed by atoms with Crippen molar-refractivity contribution in [2.45, 2.75) is 43.8 Å². The number of nitrogen functional groups attached to an aromatic ring is 1. The summed E-state index contributed by atoms with van der Waals surface area (Å²) in [5.74, 6) is -0.664. The Kier molecular flexibility index (Phi) is 6.81. The maximum absolute atomic E-state index is 13.7. The van der Waals surface area contributed by atoms with Crippen molar-refractivity contribution in [1.29, 1.82) is 0 Å². The summed E-state index contributed by atoms with van der Waals surface area (Å²) in [5.41, 5.74) is 18.5. The average molecular weight is 491 g/mol. The van der Waals surface area contributed by atoms with Crippen LogP contribution in [-0.4, -0.2) is 51.9 Å². The highest BCUT2D eigenvalue weighted by molar-refractivity contribution is 7.15. The largest absolute Gasteiger partial charge is 0.375 e. The van der Waals surface area contributed by atoms with Gasteiger partial charge < -0.3 is 16.4 Å². The summed E-state index contributed by atoms with van der Waals surface area (Å²) in [6, 6.07) is 18.4. The first-order chi connectivity index (χ1) is 17.0. The van der Waals surface area contributed by atoms with Gasteiger partial charge in [-0.05, 0) is 24.0 Å². The number of hydrogen-bond acceptors (Lipinski definition) is 7. The van der Waals surface area contributed by atoms with Crippen LogP contribution in [0.15, 0.2) is 60.7 Å². The molecule has 2 amide bonds. The minimum absolute atomic E-state index is 0.167. The molecule has 2 atom stereocenters. The molecule has 3 heterocycles. The van der Waals surface area contributed by atoms with Gasteiger partial charge in [0.15, 0.2) is 5.13 Å². The summed E-state index contributed by atoms with van der Waals surface area (Å²) in [5, 5.41) is 2.44. The quantitative estimate of drug-likeness (QED) is 0.488. The van der Waals surface area contributed by atoms with Crippen molar-refractivity contribution in [3.63, 3.8) is 0 Å². The molecule has 9 heteroatoms. The number of anilines is 1. The minimum Gasteiger partial charge on any atom is -0.375 e. The maximum atomic E-state index is 13.7. The van der Waals surface area contributed by atoms with Crippen molar-refractivity contribution in [2.24, 2.45) is 5.73 Å². The average Bonchev–Trinajstić information content (AvgIpc) is 3.51. The van der Waals surface area contributed by atoms with Crippen LogP contribution >= 0.6 is 11.3 Å².